The van der Waals surface area contributed by atoms with Crippen molar-refractivity contribution < 1.29 is 0 Å². The third kappa shape index (κ3) is 1.14. The lowest BCUT2D eigenvalue weighted by atomic mass is 9.97. The first-order chi connectivity index (χ1) is 7.25. The van der Waals surface area contributed by atoms with Crippen molar-refractivity contribution in [1.82, 2.24) is 19.6 Å². The second kappa shape index (κ2) is 2.82. The van der Waals surface area contributed by atoms with Gasteiger partial charge < -0.3 is 5.73 Å². The lowest BCUT2D eigenvalue weighted by Crippen LogP contribution is -2.25. The molecule has 2 aromatic rings. The van der Waals surface area contributed by atoms with Crippen LogP contribution in [0.3, 0.4) is 0 Å². The van der Waals surface area contributed by atoms with Crippen molar-refractivity contribution in [3.8, 4) is 0 Å². The van der Waals surface area contributed by atoms with Crippen molar-refractivity contribution in [2.24, 2.45) is 0 Å². The zero-order valence-electron chi connectivity index (χ0n) is 8.16. The van der Waals surface area contributed by atoms with E-state index < -0.39 is 0 Å². The Morgan fingerprint density at radius 1 is 1.27 bits per heavy atom. The second-order valence-electron chi connectivity index (χ2n) is 3.79. The van der Waals surface area contributed by atoms with Crippen LogP contribution in [-0.2, 0) is 12.8 Å². The van der Waals surface area contributed by atoms with Crippen LogP contribution in [0.4, 0.5) is 5.95 Å². The summed E-state index contributed by atoms with van der Waals surface area (Å²) in [5, 5.41) is 2.69. The molecule has 0 bridgehead atoms. The van der Waals surface area contributed by atoms with Gasteiger partial charge in [0.15, 0.2) is 0 Å². The Hall–Kier alpha value is -1.85. The molecular formula is C9H11N5O. The van der Waals surface area contributed by atoms with E-state index >= 15 is 0 Å². The molecule has 0 saturated carbocycles. The van der Waals surface area contributed by atoms with Gasteiger partial charge in [0.05, 0.1) is 5.69 Å². The molecule has 3 N–H and O–H groups in total. The molecule has 0 fully saturated rings. The van der Waals surface area contributed by atoms with E-state index in [1.54, 1.807) is 0 Å². The number of nitrogens with zero attached hydrogens (tertiary/aromatic N) is 3. The number of aromatic amines is 1. The Morgan fingerprint density at radius 2 is 2.07 bits per heavy atom. The highest BCUT2D eigenvalue weighted by atomic mass is 16.1. The fourth-order valence-corrected chi connectivity index (χ4v) is 2.06. The molecular weight excluding hydrogens is 194 g/mol. The molecule has 15 heavy (non-hydrogen) atoms. The molecule has 0 spiro atoms. The van der Waals surface area contributed by atoms with Gasteiger partial charge in [0, 0.05) is 5.56 Å². The first-order valence-electron chi connectivity index (χ1n) is 5.02. The van der Waals surface area contributed by atoms with Gasteiger partial charge in [-0.15, -0.1) is 0 Å². The van der Waals surface area contributed by atoms with Gasteiger partial charge in [0.1, 0.15) is 0 Å². The molecule has 2 aromatic heterocycles. The van der Waals surface area contributed by atoms with Gasteiger partial charge in [-0.2, -0.15) is 9.50 Å². The van der Waals surface area contributed by atoms with Crippen LogP contribution in [0.5, 0.6) is 0 Å². The van der Waals surface area contributed by atoms with E-state index in [0.717, 1.165) is 36.9 Å². The summed E-state index contributed by atoms with van der Waals surface area (Å²) in [6, 6.07) is 0. The molecule has 2 heterocycles. The SMILES string of the molecule is Nc1nc2nc3c(c(=O)n2[nH]1)CCCC3. The van der Waals surface area contributed by atoms with Gasteiger partial charge in [-0.1, -0.05) is 0 Å². The standard InChI is InChI=1S/C9H11N5O/c10-8-12-9-11-6-4-2-1-3-5(6)7(15)14(9)13-8/h1-4H2,(H3,10,11,12,13). The molecule has 78 valence electrons. The number of H-pyrrole nitrogens is 1. The highest BCUT2D eigenvalue weighted by molar-refractivity contribution is 5.37. The van der Waals surface area contributed by atoms with Gasteiger partial charge in [-0.25, -0.2) is 4.98 Å². The summed E-state index contributed by atoms with van der Waals surface area (Å²) >= 11 is 0. The van der Waals surface area contributed by atoms with Crippen molar-refractivity contribution in [2.45, 2.75) is 25.7 Å². The summed E-state index contributed by atoms with van der Waals surface area (Å²) in [7, 11) is 0. The fourth-order valence-electron chi connectivity index (χ4n) is 2.06. The van der Waals surface area contributed by atoms with E-state index in [2.05, 4.69) is 15.1 Å². The molecule has 3 rings (SSSR count). The van der Waals surface area contributed by atoms with E-state index in [0.29, 0.717) is 5.78 Å². The smallest absolute Gasteiger partial charge is 0.277 e. The number of hydrogen-bond acceptors (Lipinski definition) is 4. The molecule has 6 nitrogen and oxygen atoms in total. The van der Waals surface area contributed by atoms with E-state index in [1.165, 1.54) is 4.52 Å². The zero-order valence-corrected chi connectivity index (χ0v) is 8.16. The zero-order chi connectivity index (χ0) is 10.4. The maximum absolute atomic E-state index is 12.0. The average molecular weight is 205 g/mol. The van der Waals surface area contributed by atoms with E-state index in [-0.39, 0.29) is 11.5 Å². The minimum atomic E-state index is -0.0566. The number of nitrogens with one attached hydrogen (secondary N) is 1. The van der Waals surface area contributed by atoms with Gasteiger partial charge in [-0.3, -0.25) is 9.89 Å². The summed E-state index contributed by atoms with van der Waals surface area (Å²) in [4.78, 5) is 20.3. The van der Waals surface area contributed by atoms with Crippen LogP contribution < -0.4 is 11.3 Å². The number of rotatable bonds is 0. The molecule has 1 aliphatic rings. The Morgan fingerprint density at radius 3 is 2.93 bits per heavy atom. The van der Waals surface area contributed by atoms with Gasteiger partial charge >= 0.3 is 0 Å². The number of nitrogens with two attached hydrogens (primary N) is 1. The molecule has 1 aliphatic carbocycles. The lowest BCUT2D eigenvalue weighted by molar-refractivity contribution is 0.651. The minimum Gasteiger partial charge on any atom is -0.368 e. The van der Waals surface area contributed by atoms with E-state index in [4.69, 9.17) is 5.73 Å². The number of fused-ring (bicyclic) bond motifs is 2. The van der Waals surface area contributed by atoms with Crippen molar-refractivity contribution in [2.75, 3.05) is 5.73 Å². The third-order valence-electron chi connectivity index (χ3n) is 2.78. The number of hydrogen-bond donors (Lipinski definition) is 2. The van der Waals surface area contributed by atoms with E-state index in [1.807, 2.05) is 0 Å². The second-order valence-corrected chi connectivity index (χ2v) is 3.79. The summed E-state index contributed by atoms with van der Waals surface area (Å²) < 4.78 is 1.32. The highest BCUT2D eigenvalue weighted by Gasteiger charge is 2.17. The summed E-state index contributed by atoms with van der Waals surface area (Å²) in [6.45, 7) is 0. The normalized spacial score (nSPS) is 15.5. The number of anilines is 1. The Balaban J connectivity index is 2.40. The Bertz CT molecular complexity index is 582. The predicted molar refractivity (Wildman–Crippen MR) is 54.7 cm³/mol. The first kappa shape index (κ1) is 8.46. The van der Waals surface area contributed by atoms with Gasteiger partial charge in [0.25, 0.3) is 11.3 Å². The number of aryl methyl sites for hydroxylation is 1. The van der Waals surface area contributed by atoms with Crippen molar-refractivity contribution in [1.29, 1.82) is 0 Å². The number of aromatic nitrogens is 4. The van der Waals surface area contributed by atoms with Crippen LogP contribution in [0, 0.1) is 0 Å². The van der Waals surface area contributed by atoms with E-state index in [9.17, 15) is 4.79 Å². The molecule has 0 unspecified atom stereocenters. The van der Waals surface area contributed by atoms with Crippen LogP contribution in [0.25, 0.3) is 5.78 Å². The predicted octanol–water partition coefficient (Wildman–Crippen LogP) is -0.121. The van der Waals surface area contributed by atoms with Crippen molar-refractivity contribution in [3.05, 3.63) is 21.6 Å². The lowest BCUT2D eigenvalue weighted by Gasteiger charge is -2.12. The Kier molecular flexibility index (Phi) is 1.59. The largest absolute Gasteiger partial charge is 0.368 e. The van der Waals surface area contributed by atoms with Crippen LogP contribution in [-0.4, -0.2) is 19.6 Å². The van der Waals surface area contributed by atoms with Crippen LogP contribution >= 0.6 is 0 Å². The monoisotopic (exact) mass is 205 g/mol. The molecule has 0 amide bonds. The Labute approximate surface area is 85.1 Å². The summed E-state index contributed by atoms with van der Waals surface area (Å²) in [6.07, 6.45) is 3.83. The fraction of sp³-hybridized carbons (Fsp3) is 0.444. The average Bonchev–Trinajstić information content (AvgIpc) is 2.59. The molecule has 0 saturated heterocycles. The molecule has 0 atom stereocenters. The number of nitrogen functional groups attached to an aromatic ring is 1. The van der Waals surface area contributed by atoms with Crippen molar-refractivity contribution in [3.63, 3.8) is 0 Å². The quantitative estimate of drug-likeness (QED) is 0.627. The van der Waals surface area contributed by atoms with Crippen LogP contribution in [0.1, 0.15) is 24.1 Å². The molecule has 0 aliphatic heterocycles. The van der Waals surface area contributed by atoms with Crippen LogP contribution in [0.2, 0.25) is 0 Å². The molecule has 0 aromatic carbocycles. The van der Waals surface area contributed by atoms with Gasteiger partial charge in [-0.05, 0) is 25.7 Å². The summed E-state index contributed by atoms with van der Waals surface area (Å²) in [5.74, 6) is 0.597. The highest BCUT2D eigenvalue weighted by Crippen LogP contribution is 2.16. The molecule has 6 heteroatoms. The molecule has 0 radical (unpaired) electrons. The van der Waals surface area contributed by atoms with Crippen LogP contribution in [0.15, 0.2) is 4.79 Å². The van der Waals surface area contributed by atoms with Gasteiger partial charge in [0.2, 0.25) is 5.95 Å². The minimum absolute atomic E-state index is 0.0566. The topological polar surface area (TPSA) is 89.1 Å². The first-order valence-corrected chi connectivity index (χ1v) is 5.02. The summed E-state index contributed by atoms with van der Waals surface area (Å²) in [5.41, 5.74) is 7.13. The third-order valence-corrected chi connectivity index (χ3v) is 2.78. The maximum Gasteiger partial charge on any atom is 0.277 e. The van der Waals surface area contributed by atoms with Crippen molar-refractivity contribution >= 4 is 11.7 Å². The maximum atomic E-state index is 12.0.